The summed E-state index contributed by atoms with van der Waals surface area (Å²) < 4.78 is 12.8. The minimum absolute atomic E-state index is 0.0447. The SMILES string of the molecule is Cn1nc(C(=O)NC2CCCC2)c2c1CCN(Cc1cc3c(cc1Cl)OCO3)C2. The number of aromatic nitrogens is 2. The van der Waals surface area contributed by atoms with Gasteiger partial charge >= 0.3 is 0 Å². The molecule has 1 fully saturated rings. The molecule has 154 valence electrons. The molecule has 8 heteroatoms. The maximum atomic E-state index is 12.9. The number of carbonyl (C=O) groups is 1. The molecule has 0 spiro atoms. The number of rotatable bonds is 4. The van der Waals surface area contributed by atoms with Crippen molar-refractivity contribution in [2.75, 3.05) is 13.3 Å². The van der Waals surface area contributed by atoms with Gasteiger partial charge in [-0.1, -0.05) is 24.4 Å². The fourth-order valence-electron chi connectivity index (χ4n) is 4.61. The van der Waals surface area contributed by atoms with E-state index in [4.69, 9.17) is 21.1 Å². The molecule has 0 radical (unpaired) electrons. The lowest BCUT2D eigenvalue weighted by Gasteiger charge is -2.28. The van der Waals surface area contributed by atoms with Crippen LogP contribution in [0.3, 0.4) is 0 Å². The molecule has 0 saturated heterocycles. The van der Waals surface area contributed by atoms with Gasteiger partial charge < -0.3 is 14.8 Å². The van der Waals surface area contributed by atoms with Gasteiger partial charge in [0, 0.05) is 61.5 Å². The minimum atomic E-state index is -0.0447. The summed E-state index contributed by atoms with van der Waals surface area (Å²) in [6.07, 6.45) is 5.37. The minimum Gasteiger partial charge on any atom is -0.454 e. The Balaban J connectivity index is 1.34. The van der Waals surface area contributed by atoms with Crippen molar-refractivity contribution < 1.29 is 14.3 Å². The third kappa shape index (κ3) is 3.57. The molecule has 1 aliphatic carbocycles. The van der Waals surface area contributed by atoms with E-state index in [2.05, 4.69) is 15.3 Å². The van der Waals surface area contributed by atoms with Crippen LogP contribution < -0.4 is 14.8 Å². The Labute approximate surface area is 174 Å². The first-order chi connectivity index (χ1) is 14.1. The number of amides is 1. The fraction of sp³-hybridized carbons (Fsp3) is 0.524. The molecule has 0 atom stereocenters. The zero-order valence-electron chi connectivity index (χ0n) is 16.5. The second-order valence-corrected chi connectivity index (χ2v) is 8.52. The third-order valence-corrected chi connectivity index (χ3v) is 6.51. The van der Waals surface area contributed by atoms with Crippen molar-refractivity contribution in [3.05, 3.63) is 39.7 Å². The van der Waals surface area contributed by atoms with Crippen LogP contribution in [0.1, 0.15) is 53.0 Å². The van der Waals surface area contributed by atoms with E-state index in [0.29, 0.717) is 29.6 Å². The van der Waals surface area contributed by atoms with Gasteiger partial charge in [-0.2, -0.15) is 5.10 Å². The van der Waals surface area contributed by atoms with Crippen molar-refractivity contribution in [3.63, 3.8) is 0 Å². The molecule has 0 unspecified atom stereocenters. The number of benzene rings is 1. The van der Waals surface area contributed by atoms with Gasteiger partial charge in [-0.25, -0.2) is 0 Å². The zero-order chi connectivity index (χ0) is 20.0. The molecule has 1 N–H and O–H groups in total. The molecule has 1 aromatic heterocycles. The highest BCUT2D eigenvalue weighted by molar-refractivity contribution is 6.31. The number of aryl methyl sites for hydroxylation is 1. The first kappa shape index (κ1) is 18.8. The van der Waals surface area contributed by atoms with E-state index >= 15 is 0 Å². The van der Waals surface area contributed by atoms with Crippen molar-refractivity contribution in [2.45, 2.75) is 51.2 Å². The number of hydrogen-bond donors (Lipinski definition) is 1. The van der Waals surface area contributed by atoms with Gasteiger partial charge in [0.15, 0.2) is 17.2 Å². The third-order valence-electron chi connectivity index (χ3n) is 6.16. The van der Waals surface area contributed by atoms with E-state index in [0.717, 1.165) is 48.4 Å². The smallest absolute Gasteiger partial charge is 0.272 e. The molecule has 2 aliphatic heterocycles. The Morgan fingerprint density at radius 2 is 2.03 bits per heavy atom. The average molecular weight is 417 g/mol. The van der Waals surface area contributed by atoms with Crippen LogP contribution in [0.25, 0.3) is 0 Å². The molecule has 1 amide bonds. The van der Waals surface area contributed by atoms with Gasteiger partial charge in [-0.3, -0.25) is 14.4 Å². The molecule has 5 rings (SSSR count). The molecular weight excluding hydrogens is 392 g/mol. The highest BCUT2D eigenvalue weighted by atomic mass is 35.5. The lowest BCUT2D eigenvalue weighted by molar-refractivity contribution is 0.0929. The van der Waals surface area contributed by atoms with Crippen LogP contribution in [0.15, 0.2) is 12.1 Å². The highest BCUT2D eigenvalue weighted by Crippen LogP contribution is 2.37. The maximum Gasteiger partial charge on any atom is 0.272 e. The Bertz CT molecular complexity index is 952. The number of nitrogens with zero attached hydrogens (tertiary/aromatic N) is 3. The standard InChI is InChI=1S/C21H25ClN4O3/c1-25-17-6-7-26(10-13-8-18-19(9-16(13)22)29-12-28-18)11-15(17)20(24-25)21(27)23-14-4-2-3-5-14/h8-9,14H,2-7,10-12H2,1H3,(H,23,27). The van der Waals surface area contributed by atoms with Crippen LogP contribution in [0.4, 0.5) is 0 Å². The van der Waals surface area contributed by atoms with Crippen molar-refractivity contribution in [1.82, 2.24) is 20.0 Å². The first-order valence-electron chi connectivity index (χ1n) is 10.2. The predicted molar refractivity (Wildman–Crippen MR) is 108 cm³/mol. The van der Waals surface area contributed by atoms with Gasteiger partial charge in [0.2, 0.25) is 6.79 Å². The summed E-state index contributed by atoms with van der Waals surface area (Å²) >= 11 is 6.47. The van der Waals surface area contributed by atoms with Crippen molar-refractivity contribution >= 4 is 17.5 Å². The molecule has 1 saturated carbocycles. The fourth-order valence-corrected chi connectivity index (χ4v) is 4.82. The maximum absolute atomic E-state index is 12.9. The molecule has 29 heavy (non-hydrogen) atoms. The van der Waals surface area contributed by atoms with Crippen molar-refractivity contribution in [3.8, 4) is 11.5 Å². The Kier molecular flexibility index (Phi) is 4.87. The predicted octanol–water partition coefficient (Wildman–Crippen LogP) is 3.03. The van der Waals surface area contributed by atoms with E-state index in [-0.39, 0.29) is 18.7 Å². The summed E-state index contributed by atoms with van der Waals surface area (Å²) in [5.41, 5.74) is 3.75. The van der Waals surface area contributed by atoms with E-state index in [9.17, 15) is 4.79 Å². The Morgan fingerprint density at radius 1 is 1.28 bits per heavy atom. The van der Waals surface area contributed by atoms with Gasteiger partial charge in [0.05, 0.1) is 0 Å². The molecular formula is C21H25ClN4O3. The number of nitrogens with one attached hydrogen (secondary N) is 1. The lowest BCUT2D eigenvalue weighted by Crippen LogP contribution is -2.35. The summed E-state index contributed by atoms with van der Waals surface area (Å²) in [6, 6.07) is 4.06. The summed E-state index contributed by atoms with van der Waals surface area (Å²) in [6.45, 7) is 2.49. The van der Waals surface area contributed by atoms with E-state index < -0.39 is 0 Å². The lowest BCUT2D eigenvalue weighted by atomic mass is 10.0. The van der Waals surface area contributed by atoms with Crippen LogP contribution in [0.5, 0.6) is 11.5 Å². The monoisotopic (exact) mass is 416 g/mol. The van der Waals surface area contributed by atoms with Gasteiger partial charge in [0.25, 0.3) is 5.91 Å². The molecule has 3 aliphatic rings. The van der Waals surface area contributed by atoms with E-state index in [1.54, 1.807) is 0 Å². The van der Waals surface area contributed by atoms with Gasteiger partial charge in [-0.05, 0) is 24.5 Å². The van der Waals surface area contributed by atoms with Gasteiger partial charge in [0.1, 0.15) is 0 Å². The number of ether oxygens (including phenoxy) is 2. The molecule has 3 heterocycles. The first-order valence-corrected chi connectivity index (χ1v) is 10.6. The summed E-state index contributed by atoms with van der Waals surface area (Å²) in [5, 5.41) is 8.40. The average Bonchev–Trinajstić information content (AvgIpc) is 3.43. The Morgan fingerprint density at radius 3 is 2.83 bits per heavy atom. The number of halogens is 1. The molecule has 0 bridgehead atoms. The highest BCUT2D eigenvalue weighted by Gasteiger charge is 2.29. The van der Waals surface area contributed by atoms with Crippen molar-refractivity contribution in [1.29, 1.82) is 0 Å². The second kappa shape index (κ2) is 7.54. The van der Waals surface area contributed by atoms with Crippen LogP contribution in [-0.2, 0) is 26.6 Å². The second-order valence-electron chi connectivity index (χ2n) is 8.11. The van der Waals surface area contributed by atoms with Gasteiger partial charge in [-0.15, -0.1) is 0 Å². The summed E-state index contributed by atoms with van der Waals surface area (Å²) in [4.78, 5) is 15.2. The van der Waals surface area contributed by atoms with Crippen LogP contribution >= 0.6 is 11.6 Å². The van der Waals surface area contributed by atoms with Crippen molar-refractivity contribution in [2.24, 2.45) is 7.05 Å². The molecule has 2 aromatic rings. The molecule has 1 aromatic carbocycles. The normalized spacial score (nSPS) is 18.8. The van der Waals surface area contributed by atoms with Crippen LogP contribution in [0.2, 0.25) is 5.02 Å². The van der Waals surface area contributed by atoms with E-state index in [1.807, 2.05) is 23.9 Å². The largest absolute Gasteiger partial charge is 0.454 e. The van der Waals surface area contributed by atoms with Crippen LogP contribution in [0, 0.1) is 0 Å². The van der Waals surface area contributed by atoms with E-state index in [1.165, 1.54) is 12.8 Å². The zero-order valence-corrected chi connectivity index (χ0v) is 17.3. The summed E-state index contributed by atoms with van der Waals surface area (Å²) in [5.74, 6) is 1.38. The summed E-state index contributed by atoms with van der Waals surface area (Å²) in [7, 11) is 1.93. The quantitative estimate of drug-likeness (QED) is 0.829. The molecule has 7 nitrogen and oxygen atoms in total. The number of fused-ring (bicyclic) bond motifs is 2. The Hall–Kier alpha value is -2.25. The number of hydrogen-bond acceptors (Lipinski definition) is 5. The topological polar surface area (TPSA) is 68.6 Å². The van der Waals surface area contributed by atoms with Crippen LogP contribution in [-0.4, -0.2) is 40.0 Å². The number of carbonyl (C=O) groups excluding carboxylic acids is 1.